The summed E-state index contributed by atoms with van der Waals surface area (Å²) in [6.07, 6.45) is 3.59. The number of unbranched alkanes of at least 4 members (excludes halogenated alkanes) is 1. The van der Waals surface area contributed by atoms with Crippen LogP contribution in [0.1, 0.15) is 31.2 Å². The highest BCUT2D eigenvalue weighted by molar-refractivity contribution is 5.89. The minimum absolute atomic E-state index is 0.0313. The first-order chi connectivity index (χ1) is 12.1. The fraction of sp³-hybridized carbons (Fsp3) is 0.500. The number of rotatable bonds is 7. The van der Waals surface area contributed by atoms with Crippen molar-refractivity contribution in [3.05, 3.63) is 29.8 Å². The Bertz CT molecular complexity index is 615. The summed E-state index contributed by atoms with van der Waals surface area (Å²) in [5, 5.41) is 14.3. The average molecular weight is 343 g/mol. The molecule has 0 unspecified atom stereocenters. The van der Waals surface area contributed by atoms with Crippen molar-refractivity contribution in [2.75, 3.05) is 31.5 Å². The number of amides is 3. The van der Waals surface area contributed by atoms with Crippen LogP contribution >= 0.6 is 0 Å². The molecule has 0 atom stereocenters. The molecule has 134 valence electrons. The second-order valence-corrected chi connectivity index (χ2v) is 6.30. The van der Waals surface area contributed by atoms with Gasteiger partial charge < -0.3 is 21.3 Å². The molecule has 0 spiro atoms. The molecule has 1 aliphatic rings. The maximum absolute atomic E-state index is 11.8. The first-order valence-corrected chi connectivity index (χ1v) is 8.65. The minimum atomic E-state index is -0.244. The molecule has 0 saturated carbocycles. The highest BCUT2D eigenvalue weighted by Crippen LogP contribution is 2.16. The second-order valence-electron chi connectivity index (χ2n) is 6.30. The molecule has 1 saturated heterocycles. The Morgan fingerprint density at radius 1 is 1.20 bits per heavy atom. The van der Waals surface area contributed by atoms with Crippen LogP contribution in [0.4, 0.5) is 10.5 Å². The summed E-state index contributed by atoms with van der Waals surface area (Å²) in [4.78, 5) is 25.3. The summed E-state index contributed by atoms with van der Waals surface area (Å²) in [6.45, 7) is 3.42. The van der Waals surface area contributed by atoms with Gasteiger partial charge in [0.1, 0.15) is 0 Å². The lowest BCUT2D eigenvalue weighted by atomic mass is 9.96. The van der Waals surface area contributed by atoms with E-state index in [1.165, 1.54) is 0 Å². The van der Waals surface area contributed by atoms with Crippen molar-refractivity contribution in [3.63, 3.8) is 0 Å². The maximum atomic E-state index is 11.8. The van der Waals surface area contributed by atoms with Crippen LogP contribution in [-0.2, 0) is 4.79 Å². The summed E-state index contributed by atoms with van der Waals surface area (Å²) in [6, 6.07) is 8.52. The Morgan fingerprint density at radius 3 is 2.48 bits per heavy atom. The lowest BCUT2D eigenvalue weighted by molar-refractivity contribution is -0.123. The third-order valence-electron chi connectivity index (χ3n) is 4.45. The first-order valence-electron chi connectivity index (χ1n) is 8.65. The van der Waals surface area contributed by atoms with Crippen molar-refractivity contribution in [3.8, 4) is 6.07 Å². The molecule has 1 aliphatic heterocycles. The van der Waals surface area contributed by atoms with E-state index in [0.29, 0.717) is 17.8 Å². The highest BCUT2D eigenvalue weighted by Gasteiger charge is 2.22. The van der Waals surface area contributed by atoms with E-state index >= 15 is 0 Å². The van der Waals surface area contributed by atoms with Crippen LogP contribution in [0.5, 0.6) is 0 Å². The lowest BCUT2D eigenvalue weighted by Gasteiger charge is -2.30. The number of nitrogens with zero attached hydrogens (tertiary/aromatic N) is 2. The molecular formula is C18H25N5O2. The average Bonchev–Trinajstić information content (AvgIpc) is 2.62. The van der Waals surface area contributed by atoms with E-state index in [1.54, 1.807) is 24.3 Å². The van der Waals surface area contributed by atoms with E-state index < -0.39 is 0 Å². The van der Waals surface area contributed by atoms with Crippen LogP contribution in [-0.4, -0.2) is 43.0 Å². The number of urea groups is 1. The zero-order chi connectivity index (χ0) is 18.1. The van der Waals surface area contributed by atoms with Crippen LogP contribution in [0.15, 0.2) is 24.3 Å². The van der Waals surface area contributed by atoms with Gasteiger partial charge in [0.25, 0.3) is 0 Å². The monoisotopic (exact) mass is 343 g/mol. The SMILES string of the molecule is N#Cc1ccc(NC(=O)NCCCCN2CCC(C(N)=O)CC2)cc1. The maximum Gasteiger partial charge on any atom is 0.319 e. The number of hydrogen-bond acceptors (Lipinski definition) is 4. The normalized spacial score (nSPS) is 15.3. The van der Waals surface area contributed by atoms with Gasteiger partial charge in [-0.3, -0.25) is 4.79 Å². The van der Waals surface area contributed by atoms with Crippen LogP contribution in [0.3, 0.4) is 0 Å². The molecule has 1 aromatic rings. The van der Waals surface area contributed by atoms with Gasteiger partial charge >= 0.3 is 6.03 Å². The highest BCUT2D eigenvalue weighted by atomic mass is 16.2. The number of anilines is 1. The number of carbonyl (C=O) groups is 2. The van der Waals surface area contributed by atoms with Gasteiger partial charge in [0.15, 0.2) is 0 Å². The molecule has 0 aliphatic carbocycles. The molecule has 1 aromatic carbocycles. The smallest absolute Gasteiger partial charge is 0.319 e. The van der Waals surface area contributed by atoms with E-state index in [9.17, 15) is 9.59 Å². The molecule has 4 N–H and O–H groups in total. The number of nitrogens with one attached hydrogen (secondary N) is 2. The lowest BCUT2D eigenvalue weighted by Crippen LogP contribution is -2.39. The van der Waals surface area contributed by atoms with E-state index in [0.717, 1.165) is 45.3 Å². The quantitative estimate of drug-likeness (QED) is 0.654. The molecule has 7 heteroatoms. The Hall–Kier alpha value is -2.59. The fourth-order valence-corrected chi connectivity index (χ4v) is 2.91. The van der Waals surface area contributed by atoms with Crippen LogP contribution in [0.25, 0.3) is 0 Å². The van der Waals surface area contributed by atoms with Crippen molar-refractivity contribution in [1.29, 1.82) is 5.26 Å². The van der Waals surface area contributed by atoms with Gasteiger partial charge in [-0.05, 0) is 69.6 Å². The zero-order valence-corrected chi connectivity index (χ0v) is 14.3. The Kier molecular flexibility index (Phi) is 7.23. The van der Waals surface area contributed by atoms with Crippen molar-refractivity contribution in [1.82, 2.24) is 10.2 Å². The summed E-state index contributed by atoms with van der Waals surface area (Å²) in [5.74, 6) is -0.152. The molecule has 7 nitrogen and oxygen atoms in total. The topological polar surface area (TPSA) is 111 Å². The number of likely N-dealkylation sites (tertiary alicyclic amines) is 1. The molecular weight excluding hydrogens is 318 g/mol. The number of piperidine rings is 1. The predicted molar refractivity (Wildman–Crippen MR) is 95.8 cm³/mol. The van der Waals surface area contributed by atoms with Crippen molar-refractivity contribution >= 4 is 17.6 Å². The molecule has 25 heavy (non-hydrogen) atoms. The van der Waals surface area contributed by atoms with Crippen LogP contribution in [0, 0.1) is 17.2 Å². The Morgan fingerprint density at radius 2 is 1.88 bits per heavy atom. The second kappa shape index (κ2) is 9.64. The summed E-state index contributed by atoms with van der Waals surface area (Å²) in [5.41, 5.74) is 6.55. The molecule has 0 aromatic heterocycles. The molecule has 3 amide bonds. The Labute approximate surface area is 148 Å². The van der Waals surface area contributed by atoms with Crippen molar-refractivity contribution in [2.24, 2.45) is 11.7 Å². The molecule has 0 radical (unpaired) electrons. The predicted octanol–water partition coefficient (Wildman–Crippen LogP) is 1.66. The van der Waals surface area contributed by atoms with Crippen molar-refractivity contribution in [2.45, 2.75) is 25.7 Å². The zero-order valence-electron chi connectivity index (χ0n) is 14.3. The third kappa shape index (κ3) is 6.43. The molecule has 2 rings (SSSR count). The van der Waals surface area contributed by atoms with Crippen LogP contribution in [0.2, 0.25) is 0 Å². The largest absolute Gasteiger partial charge is 0.369 e. The summed E-state index contributed by atoms with van der Waals surface area (Å²) in [7, 11) is 0. The van der Waals surface area contributed by atoms with E-state index in [2.05, 4.69) is 15.5 Å². The van der Waals surface area contributed by atoms with E-state index in [-0.39, 0.29) is 17.9 Å². The van der Waals surface area contributed by atoms with E-state index in [4.69, 9.17) is 11.0 Å². The number of primary amides is 1. The first kappa shape index (κ1) is 18.7. The molecule has 1 heterocycles. The van der Waals surface area contributed by atoms with Gasteiger partial charge in [0.2, 0.25) is 5.91 Å². The number of benzene rings is 1. The number of nitriles is 1. The van der Waals surface area contributed by atoms with Gasteiger partial charge in [-0.15, -0.1) is 0 Å². The third-order valence-corrected chi connectivity index (χ3v) is 4.45. The molecule has 0 bridgehead atoms. The number of carbonyl (C=O) groups excluding carboxylic acids is 2. The summed E-state index contributed by atoms with van der Waals surface area (Å²) >= 11 is 0. The molecule has 1 fully saturated rings. The van der Waals surface area contributed by atoms with Gasteiger partial charge in [-0.25, -0.2) is 4.79 Å². The van der Waals surface area contributed by atoms with Gasteiger partial charge in [-0.2, -0.15) is 5.26 Å². The van der Waals surface area contributed by atoms with Gasteiger partial charge in [0, 0.05) is 18.2 Å². The van der Waals surface area contributed by atoms with Gasteiger partial charge in [0.05, 0.1) is 11.6 Å². The number of nitrogens with two attached hydrogens (primary N) is 1. The standard InChI is InChI=1S/C18H25N5O2/c19-13-14-3-5-16(6-4-14)22-18(25)21-9-1-2-10-23-11-7-15(8-12-23)17(20)24/h3-6,15H,1-2,7-12H2,(H2,20,24)(H2,21,22,25). The van der Waals surface area contributed by atoms with Crippen molar-refractivity contribution < 1.29 is 9.59 Å². The summed E-state index contributed by atoms with van der Waals surface area (Å²) < 4.78 is 0. The van der Waals surface area contributed by atoms with E-state index in [1.807, 2.05) is 6.07 Å². The Balaban J connectivity index is 1.54. The van der Waals surface area contributed by atoms with Gasteiger partial charge in [-0.1, -0.05) is 0 Å². The fourth-order valence-electron chi connectivity index (χ4n) is 2.91. The van der Waals surface area contributed by atoms with Crippen LogP contribution < -0.4 is 16.4 Å². The number of hydrogen-bond donors (Lipinski definition) is 3. The minimum Gasteiger partial charge on any atom is -0.369 e.